The van der Waals surface area contributed by atoms with E-state index in [9.17, 15) is 22.8 Å². The molecule has 0 spiro atoms. The average Bonchev–Trinajstić information content (AvgIpc) is 2.52. The number of halogens is 3. The molecular weight excluding hydrogens is 313 g/mol. The van der Waals surface area contributed by atoms with Crippen LogP contribution in [0.4, 0.5) is 13.2 Å². The number of nitrogens with zero attached hydrogens (tertiary/aromatic N) is 1. The van der Waals surface area contributed by atoms with Crippen molar-refractivity contribution in [3.8, 4) is 5.75 Å². The molecule has 1 aliphatic heterocycles. The maximum absolute atomic E-state index is 12.6. The predicted molar refractivity (Wildman–Crippen MR) is 75.5 cm³/mol. The Balaban J connectivity index is 2.00. The first kappa shape index (κ1) is 17.1. The fourth-order valence-electron chi connectivity index (χ4n) is 2.52. The average molecular weight is 330 g/mol. The van der Waals surface area contributed by atoms with E-state index in [1.807, 2.05) is 0 Å². The van der Waals surface area contributed by atoms with Gasteiger partial charge in [0, 0.05) is 6.54 Å². The molecule has 5 nitrogen and oxygen atoms in total. The standard InChI is InChI=1S/C15H17F3N2O3/c16-15(17,18)10-4-3-5-11(8-10)23-9-13(21)20-7-2-1-6-12(20)14(19)22/h3-5,8,12H,1-2,6-7,9H2,(H2,19,22). The largest absolute Gasteiger partial charge is 0.484 e. The van der Waals surface area contributed by atoms with E-state index in [1.165, 1.54) is 17.0 Å². The minimum atomic E-state index is -4.48. The Morgan fingerprint density at radius 3 is 2.70 bits per heavy atom. The minimum absolute atomic E-state index is 0.0548. The quantitative estimate of drug-likeness (QED) is 0.917. The van der Waals surface area contributed by atoms with Gasteiger partial charge in [-0.3, -0.25) is 9.59 Å². The number of rotatable bonds is 4. The summed E-state index contributed by atoms with van der Waals surface area (Å²) in [6.07, 6.45) is -2.44. The molecule has 126 valence electrons. The highest BCUT2D eigenvalue weighted by Gasteiger charge is 2.32. The molecule has 0 aromatic heterocycles. The minimum Gasteiger partial charge on any atom is -0.484 e. The van der Waals surface area contributed by atoms with Gasteiger partial charge in [0.15, 0.2) is 6.61 Å². The van der Waals surface area contributed by atoms with E-state index >= 15 is 0 Å². The molecule has 1 unspecified atom stereocenters. The zero-order valence-corrected chi connectivity index (χ0v) is 12.3. The molecule has 23 heavy (non-hydrogen) atoms. The Kier molecular flexibility index (Phi) is 5.12. The molecule has 1 aromatic carbocycles. The number of amides is 2. The zero-order valence-electron chi connectivity index (χ0n) is 12.3. The molecule has 1 aliphatic rings. The van der Waals surface area contributed by atoms with Crippen molar-refractivity contribution >= 4 is 11.8 Å². The summed E-state index contributed by atoms with van der Waals surface area (Å²) in [5.41, 5.74) is 4.42. The maximum atomic E-state index is 12.6. The molecule has 2 amide bonds. The van der Waals surface area contributed by atoms with Gasteiger partial charge in [-0.25, -0.2) is 0 Å². The number of likely N-dealkylation sites (tertiary alicyclic amines) is 1. The highest BCUT2D eigenvalue weighted by atomic mass is 19.4. The summed E-state index contributed by atoms with van der Waals surface area (Å²) in [7, 11) is 0. The Hall–Kier alpha value is -2.25. The Morgan fingerprint density at radius 2 is 2.04 bits per heavy atom. The van der Waals surface area contributed by atoms with Gasteiger partial charge in [0.05, 0.1) is 5.56 Å². The lowest BCUT2D eigenvalue weighted by atomic mass is 10.0. The molecular formula is C15H17F3N2O3. The topological polar surface area (TPSA) is 72.6 Å². The van der Waals surface area contributed by atoms with Crippen LogP contribution < -0.4 is 10.5 Å². The summed E-state index contributed by atoms with van der Waals surface area (Å²) < 4.78 is 43.0. The zero-order chi connectivity index (χ0) is 17.0. The van der Waals surface area contributed by atoms with Crippen molar-refractivity contribution in [2.24, 2.45) is 5.73 Å². The molecule has 0 radical (unpaired) electrons. The number of benzene rings is 1. The van der Waals surface area contributed by atoms with Crippen molar-refractivity contribution in [2.45, 2.75) is 31.5 Å². The highest BCUT2D eigenvalue weighted by Crippen LogP contribution is 2.31. The van der Waals surface area contributed by atoms with Gasteiger partial charge in [0.1, 0.15) is 11.8 Å². The van der Waals surface area contributed by atoms with Gasteiger partial charge < -0.3 is 15.4 Å². The normalized spacial score (nSPS) is 18.6. The van der Waals surface area contributed by atoms with Crippen molar-refractivity contribution in [3.63, 3.8) is 0 Å². The summed E-state index contributed by atoms with van der Waals surface area (Å²) in [5.74, 6) is -1.11. The molecule has 2 N–H and O–H groups in total. The molecule has 2 rings (SSSR count). The van der Waals surface area contributed by atoms with Crippen LogP contribution in [0.25, 0.3) is 0 Å². The summed E-state index contributed by atoms with van der Waals surface area (Å²) in [5, 5.41) is 0. The SMILES string of the molecule is NC(=O)C1CCCCN1C(=O)COc1cccc(C(F)(F)F)c1. The monoisotopic (exact) mass is 330 g/mol. The Morgan fingerprint density at radius 1 is 1.30 bits per heavy atom. The van der Waals surface area contributed by atoms with Crippen LogP contribution in [0.3, 0.4) is 0 Å². The van der Waals surface area contributed by atoms with Crippen molar-refractivity contribution in [1.29, 1.82) is 0 Å². The smallest absolute Gasteiger partial charge is 0.416 e. The third-order valence-electron chi connectivity index (χ3n) is 3.68. The molecule has 0 saturated carbocycles. The van der Waals surface area contributed by atoms with E-state index in [0.29, 0.717) is 13.0 Å². The maximum Gasteiger partial charge on any atom is 0.416 e. The van der Waals surface area contributed by atoms with Crippen LogP contribution in [0, 0.1) is 0 Å². The summed E-state index contributed by atoms with van der Waals surface area (Å²) in [6, 6.07) is 3.61. The molecule has 0 bridgehead atoms. The molecule has 1 atom stereocenters. The number of carbonyl (C=O) groups is 2. The van der Waals surface area contributed by atoms with Crippen LogP contribution in [-0.2, 0) is 15.8 Å². The highest BCUT2D eigenvalue weighted by molar-refractivity contribution is 5.87. The van der Waals surface area contributed by atoms with E-state index in [4.69, 9.17) is 10.5 Å². The van der Waals surface area contributed by atoms with E-state index in [2.05, 4.69) is 0 Å². The summed E-state index contributed by atoms with van der Waals surface area (Å²) in [6.45, 7) is -0.0521. The second kappa shape index (κ2) is 6.89. The number of alkyl halides is 3. The Labute approximate surface area is 131 Å². The number of nitrogens with two attached hydrogens (primary N) is 1. The van der Waals surface area contributed by atoms with Gasteiger partial charge in [0.25, 0.3) is 5.91 Å². The first-order valence-corrected chi connectivity index (χ1v) is 7.18. The lowest BCUT2D eigenvalue weighted by Crippen LogP contribution is -2.51. The lowest BCUT2D eigenvalue weighted by Gasteiger charge is -2.33. The van der Waals surface area contributed by atoms with E-state index in [0.717, 1.165) is 25.0 Å². The van der Waals surface area contributed by atoms with Gasteiger partial charge in [-0.1, -0.05) is 6.07 Å². The van der Waals surface area contributed by atoms with Crippen LogP contribution in [0.15, 0.2) is 24.3 Å². The number of hydrogen-bond acceptors (Lipinski definition) is 3. The number of ether oxygens (including phenoxy) is 1. The molecule has 1 aromatic rings. The van der Waals surface area contributed by atoms with Crippen LogP contribution in [0.2, 0.25) is 0 Å². The molecule has 1 heterocycles. The molecule has 1 saturated heterocycles. The fourth-order valence-corrected chi connectivity index (χ4v) is 2.52. The van der Waals surface area contributed by atoms with Crippen LogP contribution in [-0.4, -0.2) is 35.9 Å². The number of primary amides is 1. The lowest BCUT2D eigenvalue weighted by molar-refractivity contribution is -0.142. The van der Waals surface area contributed by atoms with E-state index < -0.39 is 36.2 Å². The fraction of sp³-hybridized carbons (Fsp3) is 0.467. The van der Waals surface area contributed by atoms with Gasteiger partial charge in [-0.2, -0.15) is 13.2 Å². The van der Waals surface area contributed by atoms with Gasteiger partial charge in [-0.15, -0.1) is 0 Å². The third-order valence-corrected chi connectivity index (χ3v) is 3.68. The second-order valence-corrected chi connectivity index (χ2v) is 5.32. The van der Waals surface area contributed by atoms with Gasteiger partial charge in [-0.05, 0) is 37.5 Å². The predicted octanol–water partition coefficient (Wildman–Crippen LogP) is 1.95. The van der Waals surface area contributed by atoms with E-state index in [-0.39, 0.29) is 5.75 Å². The van der Waals surface area contributed by atoms with Crippen LogP contribution in [0.5, 0.6) is 5.75 Å². The number of hydrogen-bond donors (Lipinski definition) is 1. The van der Waals surface area contributed by atoms with E-state index in [1.54, 1.807) is 0 Å². The first-order valence-electron chi connectivity index (χ1n) is 7.18. The second-order valence-electron chi connectivity index (χ2n) is 5.32. The molecule has 1 fully saturated rings. The number of carbonyl (C=O) groups excluding carboxylic acids is 2. The Bertz CT molecular complexity index is 590. The van der Waals surface area contributed by atoms with Crippen molar-refractivity contribution in [3.05, 3.63) is 29.8 Å². The van der Waals surface area contributed by atoms with Crippen molar-refractivity contribution in [1.82, 2.24) is 4.90 Å². The third kappa shape index (κ3) is 4.37. The first-order chi connectivity index (χ1) is 10.8. The van der Waals surface area contributed by atoms with Crippen LogP contribution >= 0.6 is 0 Å². The van der Waals surface area contributed by atoms with Gasteiger partial charge >= 0.3 is 6.18 Å². The van der Waals surface area contributed by atoms with Gasteiger partial charge in [0.2, 0.25) is 5.91 Å². The van der Waals surface area contributed by atoms with Crippen molar-refractivity contribution < 1.29 is 27.5 Å². The number of piperidine rings is 1. The summed E-state index contributed by atoms with van der Waals surface area (Å²) in [4.78, 5) is 24.8. The molecule has 8 heteroatoms. The summed E-state index contributed by atoms with van der Waals surface area (Å²) >= 11 is 0. The molecule has 0 aliphatic carbocycles. The van der Waals surface area contributed by atoms with Crippen LogP contribution in [0.1, 0.15) is 24.8 Å². The van der Waals surface area contributed by atoms with Crippen molar-refractivity contribution in [2.75, 3.05) is 13.2 Å².